The summed E-state index contributed by atoms with van der Waals surface area (Å²) in [5.41, 5.74) is 0.432. The number of benzene rings is 3. The first-order valence-corrected chi connectivity index (χ1v) is 11.9. The van der Waals surface area contributed by atoms with Crippen LogP contribution in [0.2, 0.25) is 0 Å². The van der Waals surface area contributed by atoms with Crippen LogP contribution in [0.1, 0.15) is 16.7 Å². The smallest absolute Gasteiger partial charge is 0.406 e. The number of nitrogens with zero attached hydrogens (tertiary/aromatic N) is 2. The number of urea groups is 1. The van der Waals surface area contributed by atoms with Gasteiger partial charge in [-0.25, -0.2) is 4.79 Å². The average molecular weight is 568 g/mol. The van der Waals surface area contributed by atoms with Crippen molar-refractivity contribution in [1.29, 1.82) is 0 Å². The van der Waals surface area contributed by atoms with Crippen LogP contribution in [0.3, 0.4) is 0 Å². The lowest BCUT2D eigenvalue weighted by molar-refractivity contribution is -0.275. The second-order valence-electron chi connectivity index (χ2n) is 8.04. The van der Waals surface area contributed by atoms with Gasteiger partial charge in [-0.1, -0.05) is 65.9 Å². The SMILES string of the molecule is O=C(Nc1nncs1)NC(Cc1ccccc1)(c1cccc(OC(F)(F)F)c1)c1cccc(OC(F)(F)F)c1. The second-order valence-corrected chi connectivity index (χ2v) is 8.88. The Morgan fingerprint density at radius 3 is 1.85 bits per heavy atom. The van der Waals surface area contributed by atoms with E-state index >= 15 is 0 Å². The molecule has 0 saturated carbocycles. The zero-order valence-electron chi connectivity index (χ0n) is 19.6. The molecule has 0 aliphatic rings. The minimum Gasteiger partial charge on any atom is -0.406 e. The molecule has 4 rings (SSSR count). The van der Waals surface area contributed by atoms with Crippen molar-refractivity contribution in [2.75, 3.05) is 5.32 Å². The number of nitrogens with one attached hydrogen (secondary N) is 2. The fraction of sp³-hybridized carbons (Fsp3) is 0.160. The third-order valence-electron chi connectivity index (χ3n) is 5.34. The van der Waals surface area contributed by atoms with E-state index in [2.05, 4.69) is 30.3 Å². The summed E-state index contributed by atoms with van der Waals surface area (Å²) in [5, 5.41) is 12.7. The maximum Gasteiger partial charge on any atom is 0.573 e. The molecule has 0 aliphatic carbocycles. The van der Waals surface area contributed by atoms with Crippen LogP contribution in [0.4, 0.5) is 36.3 Å². The fourth-order valence-corrected chi connectivity index (χ4v) is 4.37. The van der Waals surface area contributed by atoms with Crippen LogP contribution < -0.4 is 20.1 Å². The van der Waals surface area contributed by atoms with Gasteiger partial charge in [-0.2, -0.15) is 0 Å². The third-order valence-corrected chi connectivity index (χ3v) is 5.95. The molecule has 1 heterocycles. The second kappa shape index (κ2) is 11.2. The fourth-order valence-electron chi connectivity index (χ4n) is 3.93. The van der Waals surface area contributed by atoms with Crippen molar-refractivity contribution in [3.8, 4) is 11.5 Å². The molecule has 0 spiro atoms. The molecule has 4 aromatic rings. The Hall–Kier alpha value is -4.33. The van der Waals surface area contributed by atoms with Crippen molar-refractivity contribution >= 4 is 22.5 Å². The Morgan fingerprint density at radius 1 is 0.795 bits per heavy atom. The van der Waals surface area contributed by atoms with Gasteiger partial charge in [-0.15, -0.1) is 36.5 Å². The van der Waals surface area contributed by atoms with E-state index in [0.29, 0.717) is 5.56 Å². The van der Waals surface area contributed by atoms with Crippen LogP contribution in [0.5, 0.6) is 11.5 Å². The molecule has 204 valence electrons. The van der Waals surface area contributed by atoms with Crippen molar-refractivity contribution in [2.24, 2.45) is 0 Å². The monoisotopic (exact) mass is 568 g/mol. The van der Waals surface area contributed by atoms with Crippen molar-refractivity contribution in [2.45, 2.75) is 24.7 Å². The number of ether oxygens (including phenoxy) is 2. The van der Waals surface area contributed by atoms with Crippen LogP contribution in [0, 0.1) is 0 Å². The lowest BCUT2D eigenvalue weighted by Crippen LogP contribution is -2.50. The summed E-state index contributed by atoms with van der Waals surface area (Å²) in [4.78, 5) is 13.2. The molecule has 2 amide bonds. The normalized spacial score (nSPS) is 12.1. The first-order valence-electron chi connectivity index (χ1n) is 11.0. The Morgan fingerprint density at radius 2 is 1.36 bits per heavy atom. The molecule has 0 radical (unpaired) electrons. The Labute approximate surface area is 221 Å². The zero-order chi connectivity index (χ0) is 28.1. The summed E-state index contributed by atoms with van der Waals surface area (Å²) in [6.07, 6.45) is -10.1. The van der Waals surface area contributed by atoms with E-state index in [9.17, 15) is 31.1 Å². The van der Waals surface area contributed by atoms with Gasteiger partial charge in [-0.05, 0) is 41.0 Å². The lowest BCUT2D eigenvalue weighted by atomic mass is 9.77. The highest BCUT2D eigenvalue weighted by molar-refractivity contribution is 7.13. The van der Waals surface area contributed by atoms with E-state index in [0.717, 1.165) is 35.6 Å². The van der Waals surface area contributed by atoms with Crippen molar-refractivity contribution in [3.63, 3.8) is 0 Å². The molecule has 3 aromatic carbocycles. The van der Waals surface area contributed by atoms with Crippen LogP contribution in [-0.4, -0.2) is 29.0 Å². The van der Waals surface area contributed by atoms with Gasteiger partial charge in [0.25, 0.3) is 0 Å². The standard InChI is InChI=1S/C25H18F6N4O3S/c26-24(27,28)37-19-10-4-8-17(12-19)23(14-16-6-2-1-3-7-16,34-21(36)33-22-35-32-15-39-22)18-9-5-11-20(13-18)38-25(29,30)31/h1-13,15H,14H2,(H2,33,34,35,36). The van der Waals surface area contributed by atoms with E-state index in [1.807, 2.05) is 0 Å². The number of amides is 2. The van der Waals surface area contributed by atoms with Gasteiger partial charge in [0.05, 0.1) is 5.54 Å². The van der Waals surface area contributed by atoms with E-state index < -0.39 is 35.8 Å². The van der Waals surface area contributed by atoms with Gasteiger partial charge in [0.2, 0.25) is 5.13 Å². The molecular weight excluding hydrogens is 550 g/mol. The Bertz CT molecular complexity index is 1340. The number of carbonyl (C=O) groups is 1. The lowest BCUT2D eigenvalue weighted by Gasteiger charge is -2.36. The van der Waals surface area contributed by atoms with Crippen molar-refractivity contribution in [3.05, 3.63) is 101 Å². The topological polar surface area (TPSA) is 85.4 Å². The summed E-state index contributed by atoms with van der Waals surface area (Å²) in [7, 11) is 0. The molecule has 0 aliphatic heterocycles. The quantitative estimate of drug-likeness (QED) is 0.233. The summed E-state index contributed by atoms with van der Waals surface area (Å²) in [6.45, 7) is 0. The van der Waals surface area contributed by atoms with Gasteiger partial charge in [0.15, 0.2) is 0 Å². The molecule has 0 atom stereocenters. The minimum atomic E-state index is -5.01. The van der Waals surface area contributed by atoms with Crippen LogP contribution in [0.15, 0.2) is 84.4 Å². The number of carbonyl (C=O) groups excluding carboxylic acids is 1. The Balaban J connectivity index is 1.89. The highest BCUT2D eigenvalue weighted by atomic mass is 32.1. The maximum absolute atomic E-state index is 13.2. The largest absolute Gasteiger partial charge is 0.573 e. The highest BCUT2D eigenvalue weighted by Crippen LogP contribution is 2.38. The van der Waals surface area contributed by atoms with Gasteiger partial charge in [-0.3, -0.25) is 5.32 Å². The van der Waals surface area contributed by atoms with E-state index in [1.54, 1.807) is 30.3 Å². The van der Waals surface area contributed by atoms with Gasteiger partial charge in [0.1, 0.15) is 17.0 Å². The third kappa shape index (κ3) is 7.60. The number of halogens is 6. The number of alkyl halides is 6. The molecule has 2 N–H and O–H groups in total. The summed E-state index contributed by atoms with van der Waals surface area (Å²) < 4.78 is 86.4. The summed E-state index contributed by atoms with van der Waals surface area (Å²) >= 11 is 1.01. The van der Waals surface area contributed by atoms with Crippen LogP contribution >= 0.6 is 11.3 Å². The van der Waals surface area contributed by atoms with Gasteiger partial charge >= 0.3 is 18.8 Å². The molecule has 7 nitrogen and oxygen atoms in total. The average Bonchev–Trinajstić information content (AvgIpc) is 3.35. The van der Waals surface area contributed by atoms with E-state index in [4.69, 9.17) is 0 Å². The van der Waals surface area contributed by atoms with Crippen molar-refractivity contribution in [1.82, 2.24) is 15.5 Å². The Kier molecular flexibility index (Phi) is 7.95. The molecular formula is C25H18F6N4O3S. The van der Waals surface area contributed by atoms with E-state index in [1.165, 1.54) is 29.8 Å². The molecule has 14 heteroatoms. The first kappa shape index (κ1) is 27.7. The molecule has 0 unspecified atom stereocenters. The van der Waals surface area contributed by atoms with Crippen LogP contribution in [-0.2, 0) is 12.0 Å². The first-order chi connectivity index (χ1) is 18.4. The van der Waals surface area contributed by atoms with Gasteiger partial charge < -0.3 is 14.8 Å². The van der Waals surface area contributed by atoms with Gasteiger partial charge in [0, 0.05) is 6.42 Å². The minimum absolute atomic E-state index is 0.0810. The molecule has 1 aromatic heterocycles. The molecule has 0 bridgehead atoms. The predicted molar refractivity (Wildman–Crippen MR) is 129 cm³/mol. The molecule has 0 saturated heterocycles. The van der Waals surface area contributed by atoms with Crippen LogP contribution in [0.25, 0.3) is 0 Å². The molecule has 0 fully saturated rings. The number of rotatable bonds is 8. The highest BCUT2D eigenvalue weighted by Gasteiger charge is 2.39. The van der Waals surface area contributed by atoms with E-state index in [-0.39, 0.29) is 22.7 Å². The predicted octanol–water partition coefficient (Wildman–Crippen LogP) is 6.64. The number of hydrogen-bond donors (Lipinski definition) is 2. The van der Waals surface area contributed by atoms with Crippen molar-refractivity contribution < 1.29 is 40.6 Å². The maximum atomic E-state index is 13.2. The number of hydrogen-bond acceptors (Lipinski definition) is 6. The zero-order valence-corrected chi connectivity index (χ0v) is 20.4. The summed E-state index contributed by atoms with van der Waals surface area (Å²) in [6, 6.07) is 17.3. The number of aromatic nitrogens is 2. The number of anilines is 1. The summed E-state index contributed by atoms with van der Waals surface area (Å²) in [5.74, 6) is -1.18. The molecule has 39 heavy (non-hydrogen) atoms.